The van der Waals surface area contributed by atoms with Gasteiger partial charge in [0.05, 0.1) is 18.5 Å². The molecular weight excluding hydrogens is 180 g/mol. The SMILES string of the molecule is COCCN(C)Cc1ccc(O)cn1. The maximum atomic E-state index is 9.04. The van der Waals surface area contributed by atoms with Gasteiger partial charge in [-0.2, -0.15) is 0 Å². The highest BCUT2D eigenvalue weighted by Crippen LogP contribution is 2.07. The lowest BCUT2D eigenvalue weighted by atomic mass is 10.3. The van der Waals surface area contributed by atoms with E-state index in [1.807, 2.05) is 13.1 Å². The highest BCUT2D eigenvalue weighted by molar-refractivity contribution is 5.17. The predicted molar refractivity (Wildman–Crippen MR) is 54.1 cm³/mol. The highest BCUT2D eigenvalue weighted by atomic mass is 16.5. The molecule has 14 heavy (non-hydrogen) atoms. The maximum Gasteiger partial charge on any atom is 0.133 e. The number of aromatic nitrogens is 1. The van der Waals surface area contributed by atoms with E-state index in [1.54, 1.807) is 13.2 Å². The summed E-state index contributed by atoms with van der Waals surface area (Å²) in [4.78, 5) is 6.21. The predicted octanol–water partition coefficient (Wildman–Crippen LogP) is 0.865. The van der Waals surface area contributed by atoms with Crippen molar-refractivity contribution >= 4 is 0 Å². The zero-order chi connectivity index (χ0) is 10.4. The molecule has 1 aromatic rings. The molecule has 1 aromatic heterocycles. The molecule has 0 aliphatic carbocycles. The fourth-order valence-electron chi connectivity index (χ4n) is 1.11. The van der Waals surface area contributed by atoms with Gasteiger partial charge in [0.25, 0.3) is 0 Å². The topological polar surface area (TPSA) is 45.6 Å². The van der Waals surface area contributed by atoms with Crippen LogP contribution in [0.5, 0.6) is 5.75 Å². The summed E-state index contributed by atoms with van der Waals surface area (Å²) in [5.74, 6) is 0.202. The van der Waals surface area contributed by atoms with Crippen LogP contribution >= 0.6 is 0 Å². The third-order valence-corrected chi connectivity index (χ3v) is 1.92. The smallest absolute Gasteiger partial charge is 0.133 e. The van der Waals surface area contributed by atoms with E-state index in [4.69, 9.17) is 9.84 Å². The van der Waals surface area contributed by atoms with Gasteiger partial charge >= 0.3 is 0 Å². The van der Waals surface area contributed by atoms with Crippen LogP contribution in [0.2, 0.25) is 0 Å². The van der Waals surface area contributed by atoms with E-state index in [9.17, 15) is 0 Å². The van der Waals surface area contributed by atoms with Crippen LogP contribution in [-0.2, 0) is 11.3 Å². The normalized spacial score (nSPS) is 10.8. The van der Waals surface area contributed by atoms with E-state index >= 15 is 0 Å². The Morgan fingerprint density at radius 2 is 2.29 bits per heavy atom. The minimum Gasteiger partial charge on any atom is -0.506 e. The van der Waals surface area contributed by atoms with Gasteiger partial charge in [-0.25, -0.2) is 0 Å². The number of rotatable bonds is 5. The Kier molecular flexibility index (Phi) is 4.35. The lowest BCUT2D eigenvalue weighted by Crippen LogP contribution is -2.22. The van der Waals surface area contributed by atoms with Crippen LogP contribution in [-0.4, -0.2) is 42.3 Å². The molecule has 0 atom stereocenters. The van der Waals surface area contributed by atoms with Gasteiger partial charge in [0.15, 0.2) is 0 Å². The Labute approximate surface area is 84.1 Å². The molecule has 0 amide bonds. The third kappa shape index (κ3) is 3.72. The molecule has 0 saturated carbocycles. The van der Waals surface area contributed by atoms with Crippen molar-refractivity contribution < 1.29 is 9.84 Å². The van der Waals surface area contributed by atoms with Crippen LogP contribution in [0.15, 0.2) is 18.3 Å². The number of methoxy groups -OCH3 is 1. The summed E-state index contributed by atoms with van der Waals surface area (Å²) >= 11 is 0. The minimum atomic E-state index is 0.202. The second kappa shape index (κ2) is 5.57. The van der Waals surface area contributed by atoms with Crippen LogP contribution in [0.25, 0.3) is 0 Å². The first-order valence-corrected chi connectivity index (χ1v) is 4.53. The Morgan fingerprint density at radius 1 is 1.50 bits per heavy atom. The molecule has 0 spiro atoms. The van der Waals surface area contributed by atoms with Gasteiger partial charge in [0, 0.05) is 20.2 Å². The van der Waals surface area contributed by atoms with Gasteiger partial charge in [-0.1, -0.05) is 0 Å². The van der Waals surface area contributed by atoms with Crippen molar-refractivity contribution in [2.75, 3.05) is 27.3 Å². The van der Waals surface area contributed by atoms with Crippen molar-refractivity contribution in [2.45, 2.75) is 6.54 Å². The van der Waals surface area contributed by atoms with E-state index < -0.39 is 0 Å². The molecule has 0 saturated heterocycles. The van der Waals surface area contributed by atoms with Gasteiger partial charge in [-0.05, 0) is 19.2 Å². The zero-order valence-electron chi connectivity index (χ0n) is 8.60. The molecule has 0 radical (unpaired) electrons. The van der Waals surface area contributed by atoms with Gasteiger partial charge in [0.1, 0.15) is 5.75 Å². The summed E-state index contributed by atoms with van der Waals surface area (Å²) in [5.41, 5.74) is 0.946. The first-order valence-electron chi connectivity index (χ1n) is 4.53. The highest BCUT2D eigenvalue weighted by Gasteiger charge is 2.00. The molecule has 1 N–H and O–H groups in total. The molecule has 0 unspecified atom stereocenters. The van der Waals surface area contributed by atoms with Crippen LogP contribution in [0, 0.1) is 0 Å². The number of nitrogens with zero attached hydrogens (tertiary/aromatic N) is 2. The number of aromatic hydroxyl groups is 1. The quantitative estimate of drug-likeness (QED) is 0.759. The molecule has 4 heteroatoms. The Morgan fingerprint density at radius 3 is 2.86 bits per heavy atom. The fourth-order valence-corrected chi connectivity index (χ4v) is 1.11. The second-order valence-corrected chi connectivity index (χ2v) is 3.24. The van der Waals surface area contributed by atoms with Crippen molar-refractivity contribution in [3.8, 4) is 5.75 Å². The molecule has 0 fully saturated rings. The molecule has 0 aliphatic heterocycles. The summed E-state index contributed by atoms with van der Waals surface area (Å²) in [7, 11) is 3.69. The Bertz CT molecular complexity index is 261. The Balaban J connectivity index is 2.39. The van der Waals surface area contributed by atoms with Crippen LogP contribution in [0.4, 0.5) is 0 Å². The number of hydrogen-bond acceptors (Lipinski definition) is 4. The molecule has 0 aromatic carbocycles. The van der Waals surface area contributed by atoms with E-state index in [2.05, 4.69) is 9.88 Å². The minimum absolute atomic E-state index is 0.202. The summed E-state index contributed by atoms with van der Waals surface area (Å²) in [6.07, 6.45) is 1.46. The number of ether oxygens (including phenoxy) is 1. The van der Waals surface area contributed by atoms with Crippen LogP contribution in [0.3, 0.4) is 0 Å². The average Bonchev–Trinajstić information content (AvgIpc) is 2.18. The standard InChI is InChI=1S/C10H16N2O2/c1-12(5-6-14-2)8-9-3-4-10(13)7-11-9/h3-4,7,13H,5-6,8H2,1-2H3. The van der Waals surface area contributed by atoms with Crippen molar-refractivity contribution in [1.29, 1.82) is 0 Å². The lowest BCUT2D eigenvalue weighted by Gasteiger charge is -2.15. The summed E-state index contributed by atoms with van der Waals surface area (Å²) < 4.78 is 4.97. The van der Waals surface area contributed by atoms with Crippen molar-refractivity contribution in [1.82, 2.24) is 9.88 Å². The number of hydrogen-bond donors (Lipinski definition) is 1. The largest absolute Gasteiger partial charge is 0.506 e. The molecule has 78 valence electrons. The third-order valence-electron chi connectivity index (χ3n) is 1.92. The molecule has 0 bridgehead atoms. The monoisotopic (exact) mass is 196 g/mol. The lowest BCUT2D eigenvalue weighted by molar-refractivity contribution is 0.158. The van der Waals surface area contributed by atoms with Gasteiger partial charge in [0.2, 0.25) is 0 Å². The summed E-state index contributed by atoms with van der Waals surface area (Å²) in [5, 5.41) is 9.04. The van der Waals surface area contributed by atoms with E-state index in [-0.39, 0.29) is 5.75 Å². The number of likely N-dealkylation sites (N-methyl/N-ethyl adjacent to an activating group) is 1. The van der Waals surface area contributed by atoms with Crippen LogP contribution in [0.1, 0.15) is 5.69 Å². The number of pyridine rings is 1. The first-order chi connectivity index (χ1) is 6.72. The van der Waals surface area contributed by atoms with Gasteiger partial charge in [-0.3, -0.25) is 9.88 Å². The van der Waals surface area contributed by atoms with E-state index in [0.29, 0.717) is 6.61 Å². The van der Waals surface area contributed by atoms with Crippen molar-refractivity contribution in [3.05, 3.63) is 24.0 Å². The summed E-state index contributed by atoms with van der Waals surface area (Å²) in [6, 6.07) is 3.46. The van der Waals surface area contributed by atoms with Crippen molar-refractivity contribution in [3.63, 3.8) is 0 Å². The van der Waals surface area contributed by atoms with Gasteiger partial charge in [-0.15, -0.1) is 0 Å². The zero-order valence-corrected chi connectivity index (χ0v) is 8.60. The first kappa shape index (κ1) is 10.9. The van der Waals surface area contributed by atoms with Crippen molar-refractivity contribution in [2.24, 2.45) is 0 Å². The average molecular weight is 196 g/mol. The summed E-state index contributed by atoms with van der Waals surface area (Å²) in [6.45, 7) is 2.36. The molecule has 0 aliphatic rings. The maximum absolute atomic E-state index is 9.04. The second-order valence-electron chi connectivity index (χ2n) is 3.24. The molecular formula is C10H16N2O2. The van der Waals surface area contributed by atoms with Gasteiger partial charge < -0.3 is 9.84 Å². The molecule has 1 heterocycles. The fraction of sp³-hybridized carbons (Fsp3) is 0.500. The van der Waals surface area contributed by atoms with E-state index in [0.717, 1.165) is 18.8 Å². The van der Waals surface area contributed by atoms with E-state index in [1.165, 1.54) is 6.20 Å². The molecule has 4 nitrogen and oxygen atoms in total. The van der Waals surface area contributed by atoms with Crippen LogP contribution < -0.4 is 0 Å². The Hall–Kier alpha value is -1.13. The molecule has 1 rings (SSSR count).